The Kier molecular flexibility index (Phi) is 5.02. The van der Waals surface area contributed by atoms with E-state index >= 15 is 0 Å². The predicted molar refractivity (Wildman–Crippen MR) is 62.8 cm³/mol. The van der Waals surface area contributed by atoms with Crippen LogP contribution in [0.5, 0.6) is 0 Å². The summed E-state index contributed by atoms with van der Waals surface area (Å²) in [7, 11) is 0. The van der Waals surface area contributed by atoms with Crippen LogP contribution in [-0.2, 0) is 9.59 Å². The normalized spacial score (nSPS) is 16.9. The van der Waals surface area contributed by atoms with Crippen molar-refractivity contribution >= 4 is 11.8 Å². The fourth-order valence-corrected chi connectivity index (χ4v) is 1.90. The van der Waals surface area contributed by atoms with Crippen molar-refractivity contribution < 1.29 is 9.59 Å². The first kappa shape index (κ1) is 12.7. The van der Waals surface area contributed by atoms with Gasteiger partial charge in [-0.2, -0.15) is 0 Å². The smallest absolute Gasteiger partial charge is 0.245 e. The van der Waals surface area contributed by atoms with Crippen molar-refractivity contribution in [2.24, 2.45) is 0 Å². The van der Waals surface area contributed by atoms with E-state index in [2.05, 4.69) is 11.9 Å². The van der Waals surface area contributed by atoms with Crippen molar-refractivity contribution in [2.75, 3.05) is 13.1 Å². The van der Waals surface area contributed by atoms with Crippen LogP contribution in [0.3, 0.4) is 0 Å². The van der Waals surface area contributed by atoms with Crippen molar-refractivity contribution in [1.82, 2.24) is 10.2 Å². The molecule has 1 heterocycles. The summed E-state index contributed by atoms with van der Waals surface area (Å²) in [6, 6.07) is 0.230. The highest BCUT2D eigenvalue weighted by molar-refractivity contribution is 5.87. The van der Waals surface area contributed by atoms with Gasteiger partial charge in [-0.15, -0.1) is 0 Å². The summed E-state index contributed by atoms with van der Waals surface area (Å²) in [4.78, 5) is 24.5. The third kappa shape index (κ3) is 3.68. The van der Waals surface area contributed by atoms with Gasteiger partial charge in [0.25, 0.3) is 0 Å². The lowest BCUT2D eigenvalue weighted by molar-refractivity contribution is -0.127. The van der Waals surface area contributed by atoms with E-state index in [0.29, 0.717) is 19.5 Å². The molecular weight excluding hydrogens is 204 g/mol. The van der Waals surface area contributed by atoms with E-state index < -0.39 is 0 Å². The number of carbonyl (C=O) groups excluding carboxylic acids is 2. The van der Waals surface area contributed by atoms with Crippen LogP contribution in [-0.4, -0.2) is 35.8 Å². The molecule has 1 fully saturated rings. The number of rotatable bonds is 4. The zero-order chi connectivity index (χ0) is 12.0. The molecule has 0 aromatic carbocycles. The van der Waals surface area contributed by atoms with Crippen molar-refractivity contribution in [3.8, 4) is 0 Å². The molecule has 0 spiro atoms. The van der Waals surface area contributed by atoms with Crippen molar-refractivity contribution in [1.29, 1.82) is 0 Å². The largest absolute Gasteiger partial charge is 0.353 e. The van der Waals surface area contributed by atoms with Crippen LogP contribution in [0.2, 0.25) is 0 Å². The second kappa shape index (κ2) is 6.30. The molecule has 0 unspecified atom stereocenters. The molecule has 0 bridgehead atoms. The number of nitrogens with one attached hydrogen (secondary N) is 1. The summed E-state index contributed by atoms with van der Waals surface area (Å²) in [5.74, 6) is 0.106. The van der Waals surface area contributed by atoms with E-state index in [1.807, 2.05) is 6.92 Å². The Hall–Kier alpha value is -1.32. The second-order valence-corrected chi connectivity index (χ2v) is 4.12. The van der Waals surface area contributed by atoms with Crippen LogP contribution in [0.25, 0.3) is 0 Å². The lowest BCUT2D eigenvalue weighted by Gasteiger charge is -2.31. The van der Waals surface area contributed by atoms with Crippen molar-refractivity contribution in [2.45, 2.75) is 38.6 Å². The molecule has 1 aliphatic rings. The van der Waals surface area contributed by atoms with Gasteiger partial charge in [-0.3, -0.25) is 9.59 Å². The van der Waals surface area contributed by atoms with Gasteiger partial charge in [-0.25, -0.2) is 0 Å². The molecular formula is C12H20N2O2. The number of likely N-dealkylation sites (tertiary alicyclic amines) is 1. The first-order valence-electron chi connectivity index (χ1n) is 5.88. The molecule has 90 valence electrons. The maximum Gasteiger partial charge on any atom is 0.245 e. The maximum atomic E-state index is 11.4. The fourth-order valence-electron chi connectivity index (χ4n) is 1.90. The van der Waals surface area contributed by atoms with Gasteiger partial charge in [-0.05, 0) is 25.3 Å². The summed E-state index contributed by atoms with van der Waals surface area (Å²) in [6.07, 6.45) is 4.49. The molecule has 0 atom stereocenters. The lowest BCUT2D eigenvalue weighted by Crippen LogP contribution is -2.46. The Morgan fingerprint density at radius 2 is 2.06 bits per heavy atom. The van der Waals surface area contributed by atoms with E-state index in [0.717, 1.165) is 19.3 Å². The quantitative estimate of drug-likeness (QED) is 0.726. The molecule has 4 nitrogen and oxygen atoms in total. The molecule has 4 heteroatoms. The predicted octanol–water partition coefficient (Wildman–Crippen LogP) is 1.08. The first-order chi connectivity index (χ1) is 7.67. The molecule has 0 radical (unpaired) electrons. The van der Waals surface area contributed by atoms with Crippen molar-refractivity contribution in [3.63, 3.8) is 0 Å². The van der Waals surface area contributed by atoms with E-state index in [4.69, 9.17) is 0 Å². The molecule has 1 N–H and O–H groups in total. The van der Waals surface area contributed by atoms with Gasteiger partial charge in [-0.1, -0.05) is 13.5 Å². The highest BCUT2D eigenvalue weighted by Gasteiger charge is 2.21. The summed E-state index contributed by atoms with van der Waals surface area (Å²) >= 11 is 0. The maximum absolute atomic E-state index is 11.4. The summed E-state index contributed by atoms with van der Waals surface area (Å²) in [5.41, 5.74) is 0. The number of piperidine rings is 1. The molecule has 1 rings (SSSR count). The number of hydrogen-bond donors (Lipinski definition) is 1. The Labute approximate surface area is 96.7 Å². The molecule has 2 amide bonds. The van der Waals surface area contributed by atoms with Gasteiger partial charge in [0.15, 0.2) is 0 Å². The highest BCUT2D eigenvalue weighted by atomic mass is 16.2. The van der Waals surface area contributed by atoms with E-state index in [9.17, 15) is 9.59 Å². The number of amides is 2. The Morgan fingerprint density at radius 3 is 2.56 bits per heavy atom. The SMILES string of the molecule is C=CC(=O)N1CCC(NC(=O)CCC)CC1. The fraction of sp³-hybridized carbons (Fsp3) is 0.667. The summed E-state index contributed by atoms with van der Waals surface area (Å²) in [5, 5.41) is 2.99. The van der Waals surface area contributed by atoms with Crippen molar-refractivity contribution in [3.05, 3.63) is 12.7 Å². The highest BCUT2D eigenvalue weighted by Crippen LogP contribution is 2.10. The van der Waals surface area contributed by atoms with Gasteiger partial charge >= 0.3 is 0 Å². The molecule has 1 aliphatic heterocycles. The zero-order valence-corrected chi connectivity index (χ0v) is 9.87. The van der Waals surface area contributed by atoms with Crippen LogP contribution in [0, 0.1) is 0 Å². The Balaban J connectivity index is 2.29. The number of nitrogens with zero attached hydrogens (tertiary/aromatic N) is 1. The van der Waals surface area contributed by atoms with Crippen LogP contribution >= 0.6 is 0 Å². The minimum Gasteiger partial charge on any atom is -0.353 e. The molecule has 1 saturated heterocycles. The minimum absolute atomic E-state index is 0.0154. The summed E-state index contributed by atoms with van der Waals surface area (Å²) in [6.45, 7) is 6.88. The Morgan fingerprint density at radius 1 is 1.44 bits per heavy atom. The van der Waals surface area contributed by atoms with Gasteiger partial charge < -0.3 is 10.2 Å². The van der Waals surface area contributed by atoms with Gasteiger partial charge in [0.2, 0.25) is 11.8 Å². The van der Waals surface area contributed by atoms with Crippen LogP contribution in [0.15, 0.2) is 12.7 Å². The van der Waals surface area contributed by atoms with E-state index in [1.54, 1.807) is 4.90 Å². The van der Waals surface area contributed by atoms with Gasteiger partial charge in [0.05, 0.1) is 0 Å². The number of hydrogen-bond acceptors (Lipinski definition) is 2. The third-order valence-electron chi connectivity index (χ3n) is 2.82. The summed E-state index contributed by atoms with van der Waals surface area (Å²) < 4.78 is 0. The molecule has 16 heavy (non-hydrogen) atoms. The molecule has 0 aliphatic carbocycles. The standard InChI is InChI=1S/C12H20N2O2/c1-3-5-11(15)13-10-6-8-14(9-7-10)12(16)4-2/h4,10H,2-3,5-9H2,1H3,(H,13,15). The monoisotopic (exact) mass is 224 g/mol. The number of carbonyl (C=O) groups is 2. The van der Waals surface area contributed by atoms with Crippen LogP contribution in [0.4, 0.5) is 0 Å². The van der Waals surface area contributed by atoms with E-state index in [1.165, 1.54) is 6.08 Å². The third-order valence-corrected chi connectivity index (χ3v) is 2.82. The zero-order valence-electron chi connectivity index (χ0n) is 9.87. The average Bonchev–Trinajstić information content (AvgIpc) is 2.29. The molecule has 0 aromatic rings. The Bertz CT molecular complexity index is 268. The van der Waals surface area contributed by atoms with Gasteiger partial charge in [0, 0.05) is 25.6 Å². The first-order valence-corrected chi connectivity index (χ1v) is 5.88. The van der Waals surface area contributed by atoms with Gasteiger partial charge in [0.1, 0.15) is 0 Å². The molecule has 0 saturated carbocycles. The lowest BCUT2D eigenvalue weighted by atomic mass is 10.0. The van der Waals surface area contributed by atoms with Crippen LogP contribution < -0.4 is 5.32 Å². The molecule has 0 aromatic heterocycles. The topological polar surface area (TPSA) is 49.4 Å². The average molecular weight is 224 g/mol. The minimum atomic E-state index is -0.0154. The van der Waals surface area contributed by atoms with Crippen LogP contribution in [0.1, 0.15) is 32.6 Å². The second-order valence-electron chi connectivity index (χ2n) is 4.12. The van der Waals surface area contributed by atoms with E-state index in [-0.39, 0.29) is 17.9 Å².